The van der Waals surface area contributed by atoms with Crippen LogP contribution in [0, 0.1) is 5.92 Å². The van der Waals surface area contributed by atoms with Gasteiger partial charge in [-0.3, -0.25) is 0 Å². The summed E-state index contributed by atoms with van der Waals surface area (Å²) < 4.78 is 7.07. The number of halogens is 2. The summed E-state index contributed by atoms with van der Waals surface area (Å²) in [6.07, 6.45) is 0. The van der Waals surface area contributed by atoms with Gasteiger partial charge in [0, 0.05) is 15.4 Å². The first-order valence-corrected chi connectivity index (χ1v) is 8.18. The van der Waals surface area contributed by atoms with E-state index in [1.54, 1.807) is 0 Å². The van der Waals surface area contributed by atoms with Crippen molar-refractivity contribution in [1.29, 1.82) is 0 Å². The van der Waals surface area contributed by atoms with Crippen LogP contribution in [0.25, 0.3) is 11.0 Å². The Labute approximate surface area is 134 Å². The maximum absolute atomic E-state index is 6.27. The Hall–Kier alpha value is -0.510. The van der Waals surface area contributed by atoms with E-state index < -0.39 is 0 Å². The number of fused-ring (bicyclic) bond motifs is 1. The van der Waals surface area contributed by atoms with Gasteiger partial charge in [-0.05, 0) is 30.5 Å². The molecule has 20 heavy (non-hydrogen) atoms. The van der Waals surface area contributed by atoms with Crippen molar-refractivity contribution in [3.8, 4) is 0 Å². The van der Waals surface area contributed by atoms with Crippen LogP contribution < -0.4 is 5.32 Å². The molecule has 2 aromatic rings. The molecule has 4 heteroatoms. The summed E-state index contributed by atoms with van der Waals surface area (Å²) in [5.74, 6) is 2.00. The van der Waals surface area contributed by atoms with Crippen molar-refractivity contribution >= 4 is 38.5 Å². The van der Waals surface area contributed by atoms with Crippen LogP contribution in [0.2, 0.25) is 5.02 Å². The molecule has 0 atom stereocenters. The van der Waals surface area contributed by atoms with Crippen LogP contribution in [0.15, 0.2) is 21.0 Å². The Morgan fingerprint density at radius 1 is 1.25 bits per heavy atom. The lowest BCUT2D eigenvalue weighted by Crippen LogP contribution is -2.19. The third kappa shape index (κ3) is 3.21. The fourth-order valence-corrected chi connectivity index (χ4v) is 3.14. The summed E-state index contributed by atoms with van der Waals surface area (Å²) in [4.78, 5) is 0. The monoisotopic (exact) mass is 357 g/mol. The standard InChI is InChI=1S/C16H21BrClNO/c1-9(2)7-19-8-13-14(10(3)4)15-11(17)5-6-12(18)16(15)20-13/h5-6,9-10,19H,7-8H2,1-4H3. The average Bonchev–Trinajstić information content (AvgIpc) is 2.74. The van der Waals surface area contributed by atoms with Gasteiger partial charge in [-0.15, -0.1) is 0 Å². The largest absolute Gasteiger partial charge is 0.458 e. The summed E-state index contributed by atoms with van der Waals surface area (Å²) in [7, 11) is 0. The molecule has 0 spiro atoms. The molecular formula is C16H21BrClNO. The molecule has 1 aromatic heterocycles. The molecule has 0 bridgehead atoms. The van der Waals surface area contributed by atoms with Crippen LogP contribution in [0.1, 0.15) is 44.9 Å². The smallest absolute Gasteiger partial charge is 0.154 e. The number of nitrogens with one attached hydrogen (secondary N) is 1. The molecule has 1 heterocycles. The van der Waals surface area contributed by atoms with Gasteiger partial charge >= 0.3 is 0 Å². The van der Waals surface area contributed by atoms with Gasteiger partial charge in [0.05, 0.1) is 11.6 Å². The molecule has 0 unspecified atom stereocenters. The SMILES string of the molecule is CC(C)CNCc1oc2c(Cl)ccc(Br)c2c1C(C)C. The van der Waals surface area contributed by atoms with Gasteiger partial charge in [-0.25, -0.2) is 0 Å². The lowest BCUT2D eigenvalue weighted by Gasteiger charge is -2.09. The second-order valence-corrected chi connectivity index (χ2v) is 7.11. The van der Waals surface area contributed by atoms with Crippen molar-refractivity contribution in [3.05, 3.63) is 33.0 Å². The van der Waals surface area contributed by atoms with E-state index in [0.29, 0.717) is 16.9 Å². The highest BCUT2D eigenvalue weighted by atomic mass is 79.9. The molecular weight excluding hydrogens is 338 g/mol. The molecule has 0 aliphatic carbocycles. The maximum atomic E-state index is 6.27. The third-order valence-corrected chi connectivity index (χ3v) is 4.23. The first-order valence-electron chi connectivity index (χ1n) is 7.01. The molecule has 0 fully saturated rings. The fourth-order valence-electron chi connectivity index (χ4n) is 2.42. The van der Waals surface area contributed by atoms with E-state index >= 15 is 0 Å². The molecule has 110 valence electrons. The average molecular weight is 359 g/mol. The fraction of sp³-hybridized carbons (Fsp3) is 0.500. The van der Waals surface area contributed by atoms with Gasteiger partial charge in [-0.1, -0.05) is 55.2 Å². The second kappa shape index (κ2) is 6.50. The number of rotatable bonds is 5. The number of benzene rings is 1. The number of furan rings is 1. The van der Waals surface area contributed by atoms with Crippen LogP contribution in [0.5, 0.6) is 0 Å². The van der Waals surface area contributed by atoms with E-state index in [1.807, 2.05) is 12.1 Å². The minimum absolute atomic E-state index is 0.391. The minimum Gasteiger partial charge on any atom is -0.458 e. The van der Waals surface area contributed by atoms with E-state index in [-0.39, 0.29) is 0 Å². The van der Waals surface area contributed by atoms with Crippen LogP contribution in [0.4, 0.5) is 0 Å². The van der Waals surface area contributed by atoms with E-state index in [2.05, 4.69) is 48.9 Å². The van der Waals surface area contributed by atoms with Gasteiger partial charge in [0.25, 0.3) is 0 Å². The topological polar surface area (TPSA) is 25.2 Å². The van der Waals surface area contributed by atoms with Crippen molar-refractivity contribution in [2.45, 2.75) is 40.2 Å². The van der Waals surface area contributed by atoms with Gasteiger partial charge in [0.1, 0.15) is 5.76 Å². The summed E-state index contributed by atoms with van der Waals surface area (Å²) in [5.41, 5.74) is 2.02. The lowest BCUT2D eigenvalue weighted by molar-refractivity contribution is 0.478. The minimum atomic E-state index is 0.391. The molecule has 0 saturated carbocycles. The Morgan fingerprint density at radius 3 is 2.55 bits per heavy atom. The van der Waals surface area contributed by atoms with Crippen LogP contribution in [0.3, 0.4) is 0 Å². The summed E-state index contributed by atoms with van der Waals surface area (Å²) in [6, 6.07) is 3.85. The van der Waals surface area contributed by atoms with Crippen molar-refractivity contribution in [2.24, 2.45) is 5.92 Å². The molecule has 0 saturated heterocycles. The van der Waals surface area contributed by atoms with Crippen LogP contribution >= 0.6 is 27.5 Å². The zero-order valence-corrected chi connectivity index (χ0v) is 14.7. The summed E-state index contributed by atoms with van der Waals surface area (Å²) in [6.45, 7) is 10.5. The highest BCUT2D eigenvalue weighted by Crippen LogP contribution is 2.39. The Morgan fingerprint density at radius 2 is 1.95 bits per heavy atom. The zero-order valence-electron chi connectivity index (χ0n) is 12.4. The van der Waals surface area contributed by atoms with Gasteiger partial charge in [0.15, 0.2) is 5.58 Å². The zero-order chi connectivity index (χ0) is 14.9. The van der Waals surface area contributed by atoms with Crippen LogP contribution in [-0.2, 0) is 6.54 Å². The molecule has 1 aromatic carbocycles. The Bertz CT molecular complexity index is 604. The van der Waals surface area contributed by atoms with Crippen molar-refractivity contribution in [3.63, 3.8) is 0 Å². The number of hydrogen-bond acceptors (Lipinski definition) is 2. The molecule has 0 amide bonds. The van der Waals surface area contributed by atoms with E-state index in [4.69, 9.17) is 16.0 Å². The summed E-state index contributed by atoms with van der Waals surface area (Å²) in [5, 5.41) is 5.22. The lowest BCUT2D eigenvalue weighted by atomic mass is 9.99. The molecule has 0 aliphatic heterocycles. The molecule has 1 N–H and O–H groups in total. The van der Waals surface area contributed by atoms with Crippen LogP contribution in [-0.4, -0.2) is 6.54 Å². The maximum Gasteiger partial charge on any atom is 0.154 e. The molecule has 2 nitrogen and oxygen atoms in total. The van der Waals surface area contributed by atoms with Gasteiger partial charge < -0.3 is 9.73 Å². The van der Waals surface area contributed by atoms with Crippen molar-refractivity contribution < 1.29 is 4.42 Å². The van der Waals surface area contributed by atoms with Crippen molar-refractivity contribution in [2.75, 3.05) is 6.54 Å². The Balaban J connectivity index is 2.46. The Kier molecular flexibility index (Phi) is 5.16. The summed E-state index contributed by atoms with van der Waals surface area (Å²) >= 11 is 9.88. The number of hydrogen-bond donors (Lipinski definition) is 1. The quantitative estimate of drug-likeness (QED) is 0.739. The third-order valence-electron chi connectivity index (χ3n) is 3.27. The van der Waals surface area contributed by atoms with E-state index in [1.165, 1.54) is 5.56 Å². The van der Waals surface area contributed by atoms with Gasteiger partial charge in [0.2, 0.25) is 0 Å². The second-order valence-electron chi connectivity index (χ2n) is 5.85. The molecule has 0 radical (unpaired) electrons. The highest BCUT2D eigenvalue weighted by Gasteiger charge is 2.20. The van der Waals surface area contributed by atoms with E-state index in [0.717, 1.165) is 34.3 Å². The molecule has 2 rings (SSSR count). The predicted octanol–water partition coefficient (Wildman–Crippen LogP) is 5.72. The van der Waals surface area contributed by atoms with E-state index in [9.17, 15) is 0 Å². The normalized spacial score (nSPS) is 12.0. The highest BCUT2D eigenvalue weighted by molar-refractivity contribution is 9.10. The first-order chi connectivity index (χ1) is 9.41. The molecule has 0 aliphatic rings. The predicted molar refractivity (Wildman–Crippen MR) is 89.6 cm³/mol. The van der Waals surface area contributed by atoms with Crippen molar-refractivity contribution in [1.82, 2.24) is 5.32 Å². The van der Waals surface area contributed by atoms with Gasteiger partial charge in [-0.2, -0.15) is 0 Å². The first kappa shape index (κ1) is 15.9.